The van der Waals surface area contributed by atoms with Crippen molar-refractivity contribution in [2.75, 3.05) is 6.61 Å². The molecule has 12 heteroatoms. The molecule has 1 aliphatic heterocycles. The first-order valence-corrected chi connectivity index (χ1v) is 10.3. The van der Waals surface area contributed by atoms with Gasteiger partial charge in [0.05, 0.1) is 5.02 Å². The van der Waals surface area contributed by atoms with E-state index in [0.29, 0.717) is 5.02 Å². The summed E-state index contributed by atoms with van der Waals surface area (Å²) in [5.41, 5.74) is 0. The first kappa shape index (κ1) is 25.7. The largest absolute Gasteiger partial charge is 0.463 e. The Labute approximate surface area is 194 Å². The minimum absolute atomic E-state index is 0.158. The Bertz CT molecular complexity index is 879. The van der Waals surface area contributed by atoms with E-state index >= 15 is 0 Å². The van der Waals surface area contributed by atoms with Crippen LogP contribution in [0.1, 0.15) is 27.7 Å². The molecule has 1 amide bonds. The van der Waals surface area contributed by atoms with Gasteiger partial charge in [-0.25, -0.2) is 0 Å². The Morgan fingerprint density at radius 3 is 2.12 bits per heavy atom. The van der Waals surface area contributed by atoms with Crippen LogP contribution in [0.2, 0.25) is 10.0 Å². The molecule has 0 aromatic heterocycles. The third-order valence-electron chi connectivity index (χ3n) is 4.21. The summed E-state index contributed by atoms with van der Waals surface area (Å²) in [6.07, 6.45) is -4.80. The number of nitrogens with one attached hydrogen (secondary N) is 1. The summed E-state index contributed by atoms with van der Waals surface area (Å²) < 4.78 is 27.5. The van der Waals surface area contributed by atoms with Crippen LogP contribution in [0.15, 0.2) is 18.2 Å². The van der Waals surface area contributed by atoms with E-state index in [1.165, 1.54) is 32.0 Å². The van der Waals surface area contributed by atoms with Crippen molar-refractivity contribution in [3.63, 3.8) is 0 Å². The van der Waals surface area contributed by atoms with Crippen molar-refractivity contribution in [1.82, 2.24) is 5.32 Å². The Morgan fingerprint density at radius 2 is 1.59 bits per heavy atom. The predicted octanol–water partition coefficient (Wildman–Crippen LogP) is 2.03. The van der Waals surface area contributed by atoms with Crippen LogP contribution in [-0.4, -0.2) is 61.1 Å². The number of benzene rings is 1. The smallest absolute Gasteiger partial charge is 0.303 e. The zero-order chi connectivity index (χ0) is 24.0. The van der Waals surface area contributed by atoms with Crippen molar-refractivity contribution in [2.24, 2.45) is 0 Å². The van der Waals surface area contributed by atoms with Crippen LogP contribution in [0.5, 0.6) is 5.75 Å². The molecule has 1 heterocycles. The molecule has 5 atom stereocenters. The van der Waals surface area contributed by atoms with Crippen molar-refractivity contribution >= 4 is 47.0 Å². The maximum Gasteiger partial charge on any atom is 0.303 e. The molecule has 176 valence electrons. The summed E-state index contributed by atoms with van der Waals surface area (Å²) >= 11 is 12.1. The average molecular weight is 492 g/mol. The van der Waals surface area contributed by atoms with E-state index in [2.05, 4.69) is 5.32 Å². The molecular formula is C20H23Cl2NO9. The van der Waals surface area contributed by atoms with Gasteiger partial charge in [0.15, 0.2) is 12.2 Å². The van der Waals surface area contributed by atoms with Gasteiger partial charge >= 0.3 is 17.9 Å². The van der Waals surface area contributed by atoms with Crippen LogP contribution >= 0.6 is 23.2 Å². The molecule has 1 aliphatic rings. The summed E-state index contributed by atoms with van der Waals surface area (Å²) in [5, 5.41) is 3.12. The van der Waals surface area contributed by atoms with E-state index < -0.39 is 54.5 Å². The number of ether oxygens (including phenoxy) is 5. The maximum atomic E-state index is 11.9. The van der Waals surface area contributed by atoms with Gasteiger partial charge in [-0.05, 0) is 18.2 Å². The Kier molecular flexibility index (Phi) is 9.11. The van der Waals surface area contributed by atoms with Gasteiger partial charge in [-0.2, -0.15) is 0 Å². The highest BCUT2D eigenvalue weighted by Gasteiger charge is 2.52. The fourth-order valence-corrected chi connectivity index (χ4v) is 3.54. The van der Waals surface area contributed by atoms with Crippen LogP contribution < -0.4 is 10.1 Å². The predicted molar refractivity (Wildman–Crippen MR) is 111 cm³/mol. The minimum Gasteiger partial charge on any atom is -0.463 e. The summed E-state index contributed by atoms with van der Waals surface area (Å²) in [5.74, 6) is -2.35. The van der Waals surface area contributed by atoms with E-state index in [4.69, 9.17) is 46.9 Å². The van der Waals surface area contributed by atoms with Crippen LogP contribution in [0.25, 0.3) is 0 Å². The molecule has 32 heavy (non-hydrogen) atoms. The molecule has 1 aromatic carbocycles. The van der Waals surface area contributed by atoms with Crippen LogP contribution in [0, 0.1) is 0 Å². The molecule has 2 rings (SSSR count). The second-order valence-corrected chi connectivity index (χ2v) is 7.76. The third-order valence-corrected chi connectivity index (χ3v) is 4.74. The number of carbonyl (C=O) groups excluding carboxylic acids is 4. The van der Waals surface area contributed by atoms with Gasteiger partial charge in [-0.1, -0.05) is 23.2 Å². The lowest BCUT2D eigenvalue weighted by Gasteiger charge is -2.44. The van der Waals surface area contributed by atoms with Crippen molar-refractivity contribution < 1.29 is 42.9 Å². The summed E-state index contributed by atoms with van der Waals surface area (Å²) in [7, 11) is 0. The average Bonchev–Trinajstić information content (AvgIpc) is 2.65. The molecule has 0 unspecified atom stereocenters. The highest BCUT2D eigenvalue weighted by atomic mass is 35.5. The van der Waals surface area contributed by atoms with Crippen molar-refractivity contribution in [3.05, 3.63) is 28.2 Å². The molecule has 0 spiro atoms. The highest BCUT2D eigenvalue weighted by molar-refractivity contribution is 6.35. The van der Waals surface area contributed by atoms with E-state index in [-0.39, 0.29) is 17.4 Å². The normalized spacial score (nSPS) is 24.8. The number of halogens is 2. The molecule has 1 saturated heterocycles. The topological polar surface area (TPSA) is 126 Å². The molecule has 10 nitrogen and oxygen atoms in total. The second kappa shape index (κ2) is 11.3. The Hall–Kier alpha value is -2.56. The number of esters is 3. The van der Waals surface area contributed by atoms with Crippen molar-refractivity contribution in [2.45, 2.75) is 58.3 Å². The molecular weight excluding hydrogens is 469 g/mol. The van der Waals surface area contributed by atoms with Gasteiger partial charge in [0.2, 0.25) is 12.2 Å². The SMILES string of the molecule is CC(=O)N[C@H]1[C@H](Oc2ccc(Cl)cc2Cl)O[C@@H](COC(C)=O)[C@@H](OC(C)=O)[C@@H]1OC(C)=O. The standard InChI is InChI=1S/C20H23Cl2NO9/c1-9(24)23-17-19(30-12(4)27)18(29-11(3)26)16(8-28-10(2)25)32-20(17)31-15-6-5-13(21)7-14(15)22/h5-7,16-20H,8H2,1-4H3,(H,23,24)/t16-,17+,18+,19+,20+/m0/s1. The van der Waals surface area contributed by atoms with Gasteiger partial charge in [0, 0.05) is 32.7 Å². The molecule has 0 radical (unpaired) electrons. The van der Waals surface area contributed by atoms with E-state index in [0.717, 1.165) is 13.8 Å². The number of amides is 1. The Morgan fingerprint density at radius 1 is 0.969 bits per heavy atom. The number of hydrogen-bond acceptors (Lipinski definition) is 9. The molecule has 0 bridgehead atoms. The van der Waals surface area contributed by atoms with Crippen molar-refractivity contribution in [3.8, 4) is 5.75 Å². The third kappa shape index (κ3) is 7.25. The van der Waals surface area contributed by atoms with Gasteiger partial charge in [0.25, 0.3) is 0 Å². The molecule has 1 aromatic rings. The van der Waals surface area contributed by atoms with Crippen molar-refractivity contribution in [1.29, 1.82) is 0 Å². The molecule has 0 aliphatic carbocycles. The lowest BCUT2D eigenvalue weighted by Crippen LogP contribution is -2.67. The van der Waals surface area contributed by atoms with Crippen LogP contribution in [0.3, 0.4) is 0 Å². The van der Waals surface area contributed by atoms with Crippen LogP contribution in [0.4, 0.5) is 0 Å². The number of rotatable bonds is 7. The maximum absolute atomic E-state index is 11.9. The summed E-state index contributed by atoms with van der Waals surface area (Å²) in [6, 6.07) is 3.34. The highest BCUT2D eigenvalue weighted by Crippen LogP contribution is 2.33. The summed E-state index contributed by atoms with van der Waals surface area (Å²) in [6.45, 7) is 4.39. The number of carbonyl (C=O) groups is 4. The first-order valence-electron chi connectivity index (χ1n) is 9.50. The molecule has 1 fully saturated rings. The lowest BCUT2D eigenvalue weighted by atomic mass is 9.96. The van der Waals surface area contributed by atoms with Gasteiger partial charge in [-0.15, -0.1) is 0 Å². The zero-order valence-corrected chi connectivity index (χ0v) is 19.3. The minimum atomic E-state index is -1.27. The molecule has 1 N–H and O–H groups in total. The number of hydrogen-bond donors (Lipinski definition) is 1. The quantitative estimate of drug-likeness (QED) is 0.449. The van der Waals surface area contributed by atoms with E-state index in [1.54, 1.807) is 0 Å². The Balaban J connectivity index is 2.47. The molecule has 0 saturated carbocycles. The second-order valence-electron chi connectivity index (χ2n) is 6.91. The monoisotopic (exact) mass is 491 g/mol. The first-order chi connectivity index (χ1) is 15.0. The van der Waals surface area contributed by atoms with E-state index in [1.807, 2.05) is 0 Å². The fourth-order valence-electron chi connectivity index (χ4n) is 3.09. The fraction of sp³-hybridized carbons (Fsp3) is 0.500. The zero-order valence-electron chi connectivity index (χ0n) is 17.8. The lowest BCUT2D eigenvalue weighted by molar-refractivity contribution is -0.257. The van der Waals surface area contributed by atoms with Gasteiger partial charge in [0.1, 0.15) is 24.5 Å². The van der Waals surface area contributed by atoms with Gasteiger partial charge in [-0.3, -0.25) is 19.2 Å². The van der Waals surface area contributed by atoms with Crippen LogP contribution in [-0.2, 0) is 38.1 Å². The summed E-state index contributed by atoms with van der Waals surface area (Å²) in [4.78, 5) is 46.8. The van der Waals surface area contributed by atoms with Gasteiger partial charge < -0.3 is 29.0 Å². The van der Waals surface area contributed by atoms with E-state index in [9.17, 15) is 19.2 Å².